The SMILES string of the molecule is CCN(CC)C(=O)c1ccc(NC(=O)C(O)c2ccccc2)cc1. The number of benzene rings is 2. The monoisotopic (exact) mass is 326 g/mol. The molecule has 5 heteroatoms. The van der Waals surface area contributed by atoms with Crippen LogP contribution in [-0.2, 0) is 4.79 Å². The van der Waals surface area contributed by atoms with E-state index in [1.807, 2.05) is 19.9 Å². The minimum atomic E-state index is -1.23. The number of carbonyl (C=O) groups is 2. The van der Waals surface area contributed by atoms with Crippen molar-refractivity contribution in [1.29, 1.82) is 0 Å². The standard InChI is InChI=1S/C19H22N2O3/c1-3-21(4-2)19(24)15-10-12-16(13-11-15)20-18(23)17(22)14-8-6-5-7-9-14/h5-13,17,22H,3-4H2,1-2H3,(H,20,23). The van der Waals surface area contributed by atoms with Gasteiger partial charge in [-0.25, -0.2) is 0 Å². The van der Waals surface area contributed by atoms with Crippen LogP contribution in [0.25, 0.3) is 0 Å². The second-order valence-electron chi connectivity index (χ2n) is 5.36. The highest BCUT2D eigenvalue weighted by atomic mass is 16.3. The summed E-state index contributed by atoms with van der Waals surface area (Å²) >= 11 is 0. The van der Waals surface area contributed by atoms with Gasteiger partial charge in [0, 0.05) is 24.3 Å². The zero-order valence-electron chi connectivity index (χ0n) is 13.9. The number of amides is 2. The summed E-state index contributed by atoms with van der Waals surface area (Å²) in [5, 5.41) is 12.7. The van der Waals surface area contributed by atoms with Crippen molar-refractivity contribution in [2.75, 3.05) is 18.4 Å². The molecule has 5 nitrogen and oxygen atoms in total. The third-order valence-corrected chi connectivity index (χ3v) is 3.81. The molecule has 2 N–H and O–H groups in total. The Bertz CT molecular complexity index is 680. The number of anilines is 1. The maximum absolute atomic E-state index is 12.2. The lowest BCUT2D eigenvalue weighted by Gasteiger charge is -2.18. The Morgan fingerprint density at radius 2 is 1.58 bits per heavy atom. The molecule has 0 radical (unpaired) electrons. The van der Waals surface area contributed by atoms with Crippen molar-refractivity contribution in [1.82, 2.24) is 4.90 Å². The molecule has 24 heavy (non-hydrogen) atoms. The van der Waals surface area contributed by atoms with E-state index in [4.69, 9.17) is 0 Å². The van der Waals surface area contributed by atoms with Crippen LogP contribution in [0, 0.1) is 0 Å². The molecule has 2 aromatic carbocycles. The van der Waals surface area contributed by atoms with Crippen molar-refractivity contribution in [3.8, 4) is 0 Å². The van der Waals surface area contributed by atoms with Gasteiger partial charge in [0.25, 0.3) is 11.8 Å². The van der Waals surface area contributed by atoms with Crippen LogP contribution in [0.1, 0.15) is 35.9 Å². The van der Waals surface area contributed by atoms with E-state index in [9.17, 15) is 14.7 Å². The fourth-order valence-electron chi connectivity index (χ4n) is 2.39. The van der Waals surface area contributed by atoms with E-state index in [0.717, 1.165) is 0 Å². The van der Waals surface area contributed by atoms with Gasteiger partial charge in [-0.2, -0.15) is 0 Å². The van der Waals surface area contributed by atoms with Gasteiger partial charge in [0.05, 0.1) is 0 Å². The number of hydrogen-bond donors (Lipinski definition) is 2. The molecule has 0 saturated carbocycles. The quantitative estimate of drug-likeness (QED) is 0.857. The first kappa shape index (κ1) is 17.7. The highest BCUT2D eigenvalue weighted by Crippen LogP contribution is 2.17. The smallest absolute Gasteiger partial charge is 0.257 e. The van der Waals surface area contributed by atoms with Crippen LogP contribution in [0.15, 0.2) is 54.6 Å². The third kappa shape index (κ3) is 4.20. The first-order valence-electron chi connectivity index (χ1n) is 8.00. The maximum atomic E-state index is 12.2. The molecular formula is C19H22N2O3. The number of rotatable bonds is 6. The molecule has 0 aliphatic rings. The Morgan fingerprint density at radius 1 is 1.00 bits per heavy atom. The summed E-state index contributed by atoms with van der Waals surface area (Å²) in [5.74, 6) is -0.550. The van der Waals surface area contributed by atoms with E-state index in [1.54, 1.807) is 53.4 Å². The Morgan fingerprint density at radius 3 is 2.12 bits per heavy atom. The largest absolute Gasteiger partial charge is 0.378 e. The van der Waals surface area contributed by atoms with Gasteiger partial charge in [-0.05, 0) is 43.7 Å². The molecule has 0 aliphatic heterocycles. The van der Waals surface area contributed by atoms with Gasteiger partial charge >= 0.3 is 0 Å². The minimum absolute atomic E-state index is 0.0396. The van der Waals surface area contributed by atoms with Crippen LogP contribution in [0.3, 0.4) is 0 Å². The van der Waals surface area contributed by atoms with Crippen molar-refractivity contribution in [2.45, 2.75) is 20.0 Å². The topological polar surface area (TPSA) is 69.6 Å². The summed E-state index contributed by atoms with van der Waals surface area (Å²) in [6, 6.07) is 15.4. The van der Waals surface area contributed by atoms with Gasteiger partial charge in [-0.3, -0.25) is 9.59 Å². The number of aliphatic hydroxyl groups is 1. The van der Waals surface area contributed by atoms with Crippen molar-refractivity contribution < 1.29 is 14.7 Å². The number of nitrogens with zero attached hydrogens (tertiary/aromatic N) is 1. The molecule has 2 amide bonds. The fraction of sp³-hybridized carbons (Fsp3) is 0.263. The summed E-state index contributed by atoms with van der Waals surface area (Å²) < 4.78 is 0. The second-order valence-corrected chi connectivity index (χ2v) is 5.36. The van der Waals surface area contributed by atoms with Crippen molar-refractivity contribution in [2.24, 2.45) is 0 Å². The van der Waals surface area contributed by atoms with E-state index in [-0.39, 0.29) is 5.91 Å². The Labute approximate surface area is 141 Å². The highest BCUT2D eigenvalue weighted by Gasteiger charge is 2.17. The lowest BCUT2D eigenvalue weighted by atomic mass is 10.1. The summed E-state index contributed by atoms with van der Waals surface area (Å²) in [5.41, 5.74) is 1.63. The third-order valence-electron chi connectivity index (χ3n) is 3.81. The molecule has 1 atom stereocenters. The summed E-state index contributed by atoms with van der Waals surface area (Å²) in [7, 11) is 0. The highest BCUT2D eigenvalue weighted by molar-refractivity contribution is 5.97. The Kier molecular flexibility index (Phi) is 6.09. The average molecular weight is 326 g/mol. The first-order valence-corrected chi connectivity index (χ1v) is 8.00. The van der Waals surface area contributed by atoms with Crippen LogP contribution in [-0.4, -0.2) is 34.9 Å². The van der Waals surface area contributed by atoms with Crippen LogP contribution < -0.4 is 5.32 Å². The summed E-state index contributed by atoms with van der Waals surface area (Å²) in [4.78, 5) is 26.1. The molecular weight excluding hydrogens is 304 g/mol. The van der Waals surface area contributed by atoms with E-state index in [0.29, 0.717) is 29.9 Å². The first-order chi connectivity index (χ1) is 11.6. The van der Waals surface area contributed by atoms with Crippen LogP contribution >= 0.6 is 0 Å². The molecule has 0 bridgehead atoms. The molecule has 0 heterocycles. The normalized spacial score (nSPS) is 11.6. The predicted octanol–water partition coefficient (Wildman–Crippen LogP) is 2.84. The molecule has 2 aromatic rings. The second kappa shape index (κ2) is 8.26. The minimum Gasteiger partial charge on any atom is -0.378 e. The van der Waals surface area contributed by atoms with Crippen molar-refractivity contribution >= 4 is 17.5 Å². The van der Waals surface area contributed by atoms with Crippen LogP contribution in [0.4, 0.5) is 5.69 Å². The van der Waals surface area contributed by atoms with Crippen molar-refractivity contribution in [3.05, 3.63) is 65.7 Å². The molecule has 0 aliphatic carbocycles. The summed E-state index contributed by atoms with van der Waals surface area (Å²) in [6.07, 6.45) is -1.23. The van der Waals surface area contributed by atoms with Gasteiger partial charge in [0.1, 0.15) is 0 Å². The average Bonchev–Trinajstić information content (AvgIpc) is 2.63. The predicted molar refractivity (Wildman–Crippen MR) is 93.7 cm³/mol. The van der Waals surface area contributed by atoms with E-state index in [1.165, 1.54) is 0 Å². The maximum Gasteiger partial charge on any atom is 0.257 e. The fourth-order valence-corrected chi connectivity index (χ4v) is 2.39. The molecule has 1 unspecified atom stereocenters. The number of aliphatic hydroxyl groups excluding tert-OH is 1. The molecule has 2 rings (SSSR count). The number of nitrogens with one attached hydrogen (secondary N) is 1. The molecule has 0 saturated heterocycles. The van der Waals surface area contributed by atoms with Gasteiger partial charge < -0.3 is 15.3 Å². The van der Waals surface area contributed by atoms with E-state index < -0.39 is 12.0 Å². The number of hydrogen-bond acceptors (Lipinski definition) is 3. The van der Waals surface area contributed by atoms with Gasteiger partial charge in [0.2, 0.25) is 0 Å². The zero-order valence-corrected chi connectivity index (χ0v) is 13.9. The van der Waals surface area contributed by atoms with Gasteiger partial charge in [0.15, 0.2) is 6.10 Å². The molecule has 0 spiro atoms. The van der Waals surface area contributed by atoms with Crippen LogP contribution in [0.2, 0.25) is 0 Å². The zero-order chi connectivity index (χ0) is 17.5. The van der Waals surface area contributed by atoms with Gasteiger partial charge in [-0.15, -0.1) is 0 Å². The van der Waals surface area contributed by atoms with E-state index in [2.05, 4.69) is 5.32 Å². The Hall–Kier alpha value is -2.66. The Balaban J connectivity index is 2.03. The lowest BCUT2D eigenvalue weighted by molar-refractivity contribution is -0.124. The van der Waals surface area contributed by atoms with Crippen LogP contribution in [0.5, 0.6) is 0 Å². The lowest BCUT2D eigenvalue weighted by Crippen LogP contribution is -2.30. The van der Waals surface area contributed by atoms with Crippen molar-refractivity contribution in [3.63, 3.8) is 0 Å². The molecule has 0 fully saturated rings. The number of carbonyl (C=O) groups excluding carboxylic acids is 2. The van der Waals surface area contributed by atoms with Gasteiger partial charge in [-0.1, -0.05) is 30.3 Å². The molecule has 126 valence electrons. The molecule has 0 aromatic heterocycles. The van der Waals surface area contributed by atoms with E-state index >= 15 is 0 Å². The summed E-state index contributed by atoms with van der Waals surface area (Å²) in [6.45, 7) is 5.16.